The maximum atomic E-state index is 11.9. The van der Waals surface area contributed by atoms with Crippen LogP contribution in [0.2, 0.25) is 0 Å². The molecule has 1 rings (SSSR count). The molecule has 0 spiro atoms. The first-order valence-electron chi connectivity index (χ1n) is 11.5. The summed E-state index contributed by atoms with van der Waals surface area (Å²) in [5.74, 6) is 1.33. The van der Waals surface area contributed by atoms with E-state index in [-0.39, 0.29) is 0 Å². The summed E-state index contributed by atoms with van der Waals surface area (Å²) in [5, 5.41) is 0. The SMILES string of the molecule is CCC(C)CCCCCCCCCCCCCCC(=O)N1CCCC1. The maximum absolute atomic E-state index is 11.9. The largest absolute Gasteiger partial charge is 0.343 e. The number of hydrogen-bond donors (Lipinski definition) is 0. The Bertz CT molecular complexity index is 309. The summed E-state index contributed by atoms with van der Waals surface area (Å²) in [6.45, 7) is 6.71. The van der Waals surface area contributed by atoms with E-state index in [1.807, 2.05) is 0 Å². The van der Waals surface area contributed by atoms with E-state index in [9.17, 15) is 4.79 Å². The van der Waals surface area contributed by atoms with E-state index in [4.69, 9.17) is 0 Å². The van der Waals surface area contributed by atoms with Gasteiger partial charge < -0.3 is 4.90 Å². The summed E-state index contributed by atoms with van der Waals surface area (Å²) < 4.78 is 0. The Labute approximate surface area is 158 Å². The van der Waals surface area contributed by atoms with Crippen LogP contribution < -0.4 is 0 Å². The van der Waals surface area contributed by atoms with Gasteiger partial charge in [0.1, 0.15) is 0 Å². The molecule has 0 aliphatic carbocycles. The molecule has 2 nitrogen and oxygen atoms in total. The highest BCUT2D eigenvalue weighted by Crippen LogP contribution is 2.16. The monoisotopic (exact) mass is 351 g/mol. The van der Waals surface area contributed by atoms with E-state index < -0.39 is 0 Å². The maximum Gasteiger partial charge on any atom is 0.222 e. The number of carbonyl (C=O) groups excluding carboxylic acids is 1. The first-order valence-corrected chi connectivity index (χ1v) is 11.5. The van der Waals surface area contributed by atoms with E-state index >= 15 is 0 Å². The lowest BCUT2D eigenvalue weighted by Crippen LogP contribution is -2.27. The van der Waals surface area contributed by atoms with Gasteiger partial charge in [-0.15, -0.1) is 0 Å². The average molecular weight is 352 g/mol. The summed E-state index contributed by atoms with van der Waals surface area (Å²) in [4.78, 5) is 14.0. The van der Waals surface area contributed by atoms with Crippen LogP contribution in [0, 0.1) is 5.92 Å². The highest BCUT2D eigenvalue weighted by molar-refractivity contribution is 5.76. The van der Waals surface area contributed by atoms with Crippen molar-refractivity contribution in [2.24, 2.45) is 5.92 Å². The molecule has 1 fully saturated rings. The third-order valence-corrected chi connectivity index (χ3v) is 5.99. The molecule has 0 bridgehead atoms. The van der Waals surface area contributed by atoms with Crippen LogP contribution in [0.25, 0.3) is 0 Å². The molecular formula is C23H45NO. The zero-order valence-corrected chi connectivity index (χ0v) is 17.4. The molecule has 0 aromatic carbocycles. The van der Waals surface area contributed by atoms with Crippen LogP contribution in [0.5, 0.6) is 0 Å². The fourth-order valence-electron chi connectivity index (χ4n) is 3.87. The second kappa shape index (κ2) is 15.7. The molecule has 1 atom stereocenters. The molecule has 0 aromatic rings. The number of rotatable bonds is 16. The Morgan fingerprint density at radius 2 is 1.20 bits per heavy atom. The Hall–Kier alpha value is -0.530. The Morgan fingerprint density at radius 3 is 1.68 bits per heavy atom. The molecule has 0 N–H and O–H groups in total. The molecule has 2 heteroatoms. The van der Waals surface area contributed by atoms with Crippen molar-refractivity contribution in [1.29, 1.82) is 0 Å². The molecular weight excluding hydrogens is 306 g/mol. The van der Waals surface area contributed by atoms with Crippen LogP contribution in [-0.2, 0) is 4.79 Å². The van der Waals surface area contributed by atoms with Crippen molar-refractivity contribution in [3.63, 3.8) is 0 Å². The molecule has 25 heavy (non-hydrogen) atoms. The number of amides is 1. The third-order valence-electron chi connectivity index (χ3n) is 5.99. The highest BCUT2D eigenvalue weighted by atomic mass is 16.2. The summed E-state index contributed by atoms with van der Waals surface area (Å²) in [6.07, 6.45) is 22.5. The Kier molecular flexibility index (Phi) is 14.1. The molecule has 1 saturated heterocycles. The van der Waals surface area contributed by atoms with E-state index in [0.717, 1.165) is 31.8 Å². The fourth-order valence-corrected chi connectivity index (χ4v) is 3.87. The zero-order valence-electron chi connectivity index (χ0n) is 17.4. The first kappa shape index (κ1) is 22.5. The van der Waals surface area contributed by atoms with Crippen molar-refractivity contribution in [1.82, 2.24) is 4.90 Å². The van der Waals surface area contributed by atoms with Crippen molar-refractivity contribution in [3.05, 3.63) is 0 Å². The summed E-state index contributed by atoms with van der Waals surface area (Å²) >= 11 is 0. The number of hydrogen-bond acceptors (Lipinski definition) is 1. The van der Waals surface area contributed by atoms with E-state index in [1.165, 1.54) is 96.3 Å². The van der Waals surface area contributed by atoms with Gasteiger partial charge in [-0.1, -0.05) is 97.3 Å². The Morgan fingerprint density at radius 1 is 0.760 bits per heavy atom. The van der Waals surface area contributed by atoms with Crippen molar-refractivity contribution in [2.75, 3.05) is 13.1 Å². The first-order chi connectivity index (χ1) is 12.2. The van der Waals surface area contributed by atoms with Crippen LogP contribution in [-0.4, -0.2) is 23.9 Å². The van der Waals surface area contributed by atoms with Gasteiger partial charge in [-0.05, 0) is 25.2 Å². The van der Waals surface area contributed by atoms with Gasteiger partial charge in [-0.25, -0.2) is 0 Å². The lowest BCUT2D eigenvalue weighted by atomic mass is 9.99. The standard InChI is InChI=1S/C23H45NO/c1-3-22(2)18-14-12-10-8-6-4-5-7-9-11-13-15-19-23(25)24-20-16-17-21-24/h22H,3-21H2,1-2H3. The highest BCUT2D eigenvalue weighted by Gasteiger charge is 2.16. The second-order valence-corrected chi connectivity index (χ2v) is 8.38. The van der Waals surface area contributed by atoms with E-state index in [0.29, 0.717) is 5.91 Å². The van der Waals surface area contributed by atoms with E-state index in [1.54, 1.807) is 0 Å². The molecule has 1 aliphatic heterocycles. The lowest BCUT2D eigenvalue weighted by molar-refractivity contribution is -0.130. The molecule has 0 aromatic heterocycles. The zero-order chi connectivity index (χ0) is 18.2. The topological polar surface area (TPSA) is 20.3 Å². The Balaban J connectivity index is 1.72. The number of unbranched alkanes of at least 4 members (excludes halogenated alkanes) is 11. The minimum absolute atomic E-state index is 0.404. The number of nitrogens with zero attached hydrogens (tertiary/aromatic N) is 1. The van der Waals surface area contributed by atoms with Crippen LogP contribution in [0.3, 0.4) is 0 Å². The molecule has 148 valence electrons. The van der Waals surface area contributed by atoms with Gasteiger partial charge in [-0.3, -0.25) is 4.79 Å². The van der Waals surface area contributed by atoms with Crippen molar-refractivity contribution in [2.45, 2.75) is 123 Å². The summed E-state index contributed by atoms with van der Waals surface area (Å²) in [6, 6.07) is 0. The fraction of sp³-hybridized carbons (Fsp3) is 0.957. The second-order valence-electron chi connectivity index (χ2n) is 8.38. The minimum atomic E-state index is 0.404. The van der Waals surface area contributed by atoms with Crippen LogP contribution in [0.15, 0.2) is 0 Å². The predicted octanol–water partition coefficient (Wildman–Crippen LogP) is 7.12. The molecule has 1 amide bonds. The van der Waals surface area contributed by atoms with Crippen LogP contribution in [0.1, 0.15) is 123 Å². The molecule has 0 saturated carbocycles. The van der Waals surface area contributed by atoms with Gasteiger partial charge >= 0.3 is 0 Å². The smallest absolute Gasteiger partial charge is 0.222 e. The third kappa shape index (κ3) is 12.5. The molecule has 1 unspecified atom stereocenters. The summed E-state index contributed by atoms with van der Waals surface area (Å²) in [5.41, 5.74) is 0. The number of likely N-dealkylation sites (tertiary alicyclic amines) is 1. The lowest BCUT2D eigenvalue weighted by Gasteiger charge is -2.14. The number of carbonyl (C=O) groups is 1. The predicted molar refractivity (Wildman–Crippen MR) is 110 cm³/mol. The van der Waals surface area contributed by atoms with Crippen molar-refractivity contribution < 1.29 is 4.79 Å². The van der Waals surface area contributed by atoms with Crippen molar-refractivity contribution in [3.8, 4) is 0 Å². The van der Waals surface area contributed by atoms with Crippen molar-refractivity contribution >= 4 is 5.91 Å². The van der Waals surface area contributed by atoms with Gasteiger partial charge in [0.25, 0.3) is 0 Å². The summed E-state index contributed by atoms with van der Waals surface area (Å²) in [7, 11) is 0. The van der Waals surface area contributed by atoms with Gasteiger partial charge in [0, 0.05) is 19.5 Å². The van der Waals surface area contributed by atoms with Crippen LogP contribution in [0.4, 0.5) is 0 Å². The normalized spacial score (nSPS) is 15.7. The van der Waals surface area contributed by atoms with Gasteiger partial charge in [0.2, 0.25) is 5.91 Å². The molecule has 1 heterocycles. The minimum Gasteiger partial charge on any atom is -0.343 e. The quantitative estimate of drug-likeness (QED) is 0.271. The molecule has 1 aliphatic rings. The van der Waals surface area contributed by atoms with Crippen LogP contribution >= 0.6 is 0 Å². The van der Waals surface area contributed by atoms with Gasteiger partial charge in [0.05, 0.1) is 0 Å². The van der Waals surface area contributed by atoms with E-state index in [2.05, 4.69) is 18.7 Å². The molecule has 0 radical (unpaired) electrons. The average Bonchev–Trinajstić information content (AvgIpc) is 3.16. The van der Waals surface area contributed by atoms with Gasteiger partial charge in [-0.2, -0.15) is 0 Å². The van der Waals surface area contributed by atoms with Gasteiger partial charge in [0.15, 0.2) is 0 Å².